The van der Waals surface area contributed by atoms with Crippen molar-refractivity contribution < 1.29 is 75.7 Å². The first-order chi connectivity index (χ1) is 10.7. The van der Waals surface area contributed by atoms with E-state index in [9.17, 15) is 70.8 Å². The van der Waals surface area contributed by atoms with Gasteiger partial charge in [-0.05, 0) is 0 Å². The lowest BCUT2D eigenvalue weighted by molar-refractivity contribution is -0.430. The molecule has 0 saturated heterocycles. The van der Waals surface area contributed by atoms with Gasteiger partial charge in [0.05, 0.1) is 0 Å². The van der Waals surface area contributed by atoms with Crippen LogP contribution in [0, 0.1) is 0 Å². The van der Waals surface area contributed by atoms with E-state index in [0.717, 1.165) is 0 Å². The van der Waals surface area contributed by atoms with Gasteiger partial charge in [0.2, 0.25) is 0 Å². The Kier molecular flexibility index (Phi) is 5.62. The third-order valence-corrected chi connectivity index (χ3v) is 2.60. The van der Waals surface area contributed by atoms with Gasteiger partial charge in [0, 0.05) is 4.53 Å². The van der Waals surface area contributed by atoms with Crippen LogP contribution in [0.15, 0.2) is 0 Å². The predicted molar refractivity (Wildman–Crippen MR) is 42.9 cm³/mol. The Morgan fingerprint density at radius 1 is 0.640 bits per heavy atom. The fourth-order valence-electron chi connectivity index (χ4n) is 1.11. The van der Waals surface area contributed by atoms with Crippen molar-refractivity contribution in [3.8, 4) is 0 Å². The van der Waals surface area contributed by atoms with Crippen LogP contribution < -0.4 is 0 Å². The van der Waals surface area contributed by atoms with Crippen LogP contribution in [-0.2, 0) is 9.74 Å². The second kappa shape index (κ2) is 6.00. The summed E-state index contributed by atoms with van der Waals surface area (Å²) in [6.45, 7) is 0. The zero-order valence-electron chi connectivity index (χ0n) is 10.6. The Balaban J connectivity index is 6.44. The number of halogens is 15. The van der Waals surface area contributed by atoms with Crippen molar-refractivity contribution in [3.05, 3.63) is 0 Å². The van der Waals surface area contributed by atoms with Gasteiger partial charge in [0.15, 0.2) is 0 Å². The maximum Gasteiger partial charge on any atom is 0.424 e. The summed E-state index contributed by atoms with van der Waals surface area (Å²) in [6, 6.07) is 0. The minimum absolute atomic E-state index is 1.40. The van der Waals surface area contributed by atoms with Crippen molar-refractivity contribution in [2.75, 3.05) is 0 Å². The van der Waals surface area contributed by atoms with Crippen LogP contribution in [0.2, 0.25) is 0 Å². The van der Waals surface area contributed by atoms with E-state index in [1.54, 1.807) is 0 Å². The first-order valence-corrected chi connectivity index (χ1v) is 5.06. The molecule has 0 rings (SSSR count). The number of hydrogen-bond acceptors (Lipinski definition) is 2. The van der Waals surface area contributed by atoms with Crippen LogP contribution in [0.25, 0.3) is 0 Å². The van der Waals surface area contributed by atoms with E-state index < -0.39 is 47.9 Å². The molecule has 0 saturated carbocycles. The molecular formula is C8HF15O2. The summed E-state index contributed by atoms with van der Waals surface area (Å²) in [7, 11) is 0. The molecular weight excluding hydrogens is 413 g/mol. The fourth-order valence-corrected chi connectivity index (χ4v) is 1.11. The molecule has 0 aliphatic carbocycles. The molecule has 0 bridgehead atoms. The Hall–Kier alpha value is -1.58. The second-order valence-electron chi connectivity index (χ2n) is 4.16. The molecule has 0 N–H and O–H groups in total. The van der Waals surface area contributed by atoms with Crippen LogP contribution in [-0.4, -0.2) is 47.9 Å². The van der Waals surface area contributed by atoms with Crippen molar-refractivity contribution >= 4 is 5.97 Å². The van der Waals surface area contributed by atoms with Gasteiger partial charge < -0.3 is 0 Å². The zero-order valence-corrected chi connectivity index (χ0v) is 10.6. The van der Waals surface area contributed by atoms with Gasteiger partial charge >= 0.3 is 47.9 Å². The Bertz CT molecular complexity index is 510. The highest BCUT2D eigenvalue weighted by atomic mass is 19.4. The first kappa shape index (κ1) is 23.4. The topological polar surface area (TPSA) is 26.3 Å². The lowest BCUT2D eigenvalue weighted by Crippen LogP contribution is -2.72. The first-order valence-electron chi connectivity index (χ1n) is 5.06. The monoisotopic (exact) mass is 414 g/mol. The Morgan fingerprint density at radius 3 is 1.24 bits per heavy atom. The average Bonchev–Trinajstić information content (AvgIpc) is 2.44. The SMILES string of the molecule is O=C(OF)C(F)(F)C(F)(F)C(F)(F)C(F)(F)C(F)(F)C(F)(F)C(F)F. The van der Waals surface area contributed by atoms with E-state index in [0.29, 0.717) is 0 Å². The maximum absolute atomic E-state index is 12.9. The molecule has 2 nitrogen and oxygen atoms in total. The molecule has 0 aromatic heterocycles. The van der Waals surface area contributed by atoms with E-state index in [-0.39, 0.29) is 0 Å². The summed E-state index contributed by atoms with van der Waals surface area (Å²) in [5.74, 6) is -51.5. The van der Waals surface area contributed by atoms with E-state index in [1.165, 1.54) is 4.94 Å². The van der Waals surface area contributed by atoms with Crippen LogP contribution in [0.3, 0.4) is 0 Å². The van der Waals surface area contributed by atoms with Gasteiger partial charge in [-0.25, -0.2) is 18.5 Å². The van der Waals surface area contributed by atoms with Crippen LogP contribution in [0.4, 0.5) is 66.0 Å². The second-order valence-corrected chi connectivity index (χ2v) is 4.16. The van der Waals surface area contributed by atoms with Gasteiger partial charge in [-0.3, -0.25) is 0 Å². The van der Waals surface area contributed by atoms with Crippen LogP contribution in [0.5, 0.6) is 0 Å². The van der Waals surface area contributed by atoms with Crippen LogP contribution in [0.1, 0.15) is 0 Å². The van der Waals surface area contributed by atoms with Gasteiger partial charge in [0.1, 0.15) is 0 Å². The average molecular weight is 414 g/mol. The molecule has 0 fully saturated rings. The molecule has 0 atom stereocenters. The molecule has 0 aromatic rings. The summed E-state index contributed by atoms with van der Waals surface area (Å²) in [4.78, 5) is 11.3. The number of carbonyl (C=O) groups excluding carboxylic acids is 1. The molecule has 0 aliphatic rings. The lowest BCUT2D eigenvalue weighted by Gasteiger charge is -2.40. The Labute approximate surface area is 125 Å². The molecule has 0 radical (unpaired) electrons. The van der Waals surface area contributed by atoms with E-state index in [2.05, 4.69) is 0 Å². The van der Waals surface area contributed by atoms with E-state index >= 15 is 0 Å². The van der Waals surface area contributed by atoms with Crippen molar-refractivity contribution in [1.29, 1.82) is 0 Å². The molecule has 25 heavy (non-hydrogen) atoms. The highest BCUT2D eigenvalue weighted by molar-refractivity contribution is 5.78. The lowest BCUT2D eigenvalue weighted by atomic mass is 9.91. The smallest absolute Gasteiger partial charge is 0.248 e. The highest BCUT2D eigenvalue weighted by Crippen LogP contribution is 2.60. The van der Waals surface area contributed by atoms with Crippen molar-refractivity contribution in [3.63, 3.8) is 0 Å². The molecule has 17 heteroatoms. The summed E-state index contributed by atoms with van der Waals surface area (Å²) in [6.07, 6.45) is -5.82. The minimum atomic E-state index is -8.27. The number of hydrogen-bond donors (Lipinski definition) is 0. The molecule has 0 unspecified atom stereocenters. The fraction of sp³-hybridized carbons (Fsp3) is 0.875. The predicted octanol–water partition coefficient (Wildman–Crippen LogP) is 4.49. The number of rotatable bonds is 7. The normalized spacial score (nSPS) is 15.5. The van der Waals surface area contributed by atoms with Crippen LogP contribution >= 0.6 is 0 Å². The van der Waals surface area contributed by atoms with Gasteiger partial charge in [-0.1, -0.05) is 0 Å². The summed E-state index contributed by atoms with van der Waals surface area (Å²) < 4.78 is 187. The largest absolute Gasteiger partial charge is 0.424 e. The van der Waals surface area contributed by atoms with E-state index in [4.69, 9.17) is 0 Å². The van der Waals surface area contributed by atoms with Gasteiger partial charge in [0.25, 0.3) is 0 Å². The maximum atomic E-state index is 12.9. The third-order valence-electron chi connectivity index (χ3n) is 2.60. The molecule has 0 amide bonds. The third kappa shape index (κ3) is 2.84. The van der Waals surface area contributed by atoms with Crippen molar-refractivity contribution in [1.82, 2.24) is 0 Å². The summed E-state index contributed by atoms with van der Waals surface area (Å²) >= 11 is 0. The Morgan fingerprint density at radius 2 is 0.960 bits per heavy atom. The quantitative estimate of drug-likeness (QED) is 0.574. The van der Waals surface area contributed by atoms with Gasteiger partial charge in [-0.2, -0.15) is 52.7 Å². The minimum Gasteiger partial charge on any atom is -0.248 e. The van der Waals surface area contributed by atoms with Crippen molar-refractivity contribution in [2.24, 2.45) is 0 Å². The number of carbonyl (C=O) groups is 1. The molecule has 0 heterocycles. The highest BCUT2D eigenvalue weighted by Gasteiger charge is 2.92. The number of alkyl halides is 14. The molecule has 0 aliphatic heterocycles. The molecule has 150 valence electrons. The summed E-state index contributed by atoms with van der Waals surface area (Å²) in [5.41, 5.74) is 0. The van der Waals surface area contributed by atoms with Crippen molar-refractivity contribution in [2.45, 2.75) is 42.0 Å². The summed E-state index contributed by atoms with van der Waals surface area (Å²) in [5, 5.41) is 0. The van der Waals surface area contributed by atoms with E-state index in [1.807, 2.05) is 0 Å². The zero-order chi connectivity index (χ0) is 20.9. The molecule has 0 aromatic carbocycles. The standard InChI is InChI=1S/C8HF15O2/c9-1(10)3(11,12)5(15,16)7(19,20)8(21,22)6(17,18)4(13,14)2(24)25-23/h1H. The van der Waals surface area contributed by atoms with Gasteiger partial charge in [-0.15, -0.1) is 0 Å². The molecule has 0 spiro atoms.